The zero-order chi connectivity index (χ0) is 15.7. The van der Waals surface area contributed by atoms with Crippen LogP contribution in [0.1, 0.15) is 0 Å². The molecule has 0 fully saturated rings. The molecular formula is C10H10N10O2. The zero-order valence-corrected chi connectivity index (χ0v) is 10.9. The number of imidazole rings is 2. The van der Waals surface area contributed by atoms with Crippen molar-refractivity contribution in [3.05, 3.63) is 33.4 Å². The van der Waals surface area contributed by atoms with E-state index in [4.69, 9.17) is 11.5 Å². The van der Waals surface area contributed by atoms with Crippen LogP contribution in [-0.2, 0) is 0 Å². The zero-order valence-electron chi connectivity index (χ0n) is 10.9. The number of H-pyrrole nitrogens is 4. The van der Waals surface area contributed by atoms with Crippen molar-refractivity contribution in [1.29, 1.82) is 0 Å². The second-order valence-corrected chi connectivity index (χ2v) is 4.10. The van der Waals surface area contributed by atoms with Crippen LogP contribution in [0.5, 0.6) is 0 Å². The molecule has 0 saturated carbocycles. The summed E-state index contributed by atoms with van der Waals surface area (Å²) in [6.07, 6.45) is 2.79. The third kappa shape index (κ3) is 2.35. The van der Waals surface area contributed by atoms with Crippen LogP contribution in [0.2, 0.25) is 0 Å². The van der Waals surface area contributed by atoms with Gasteiger partial charge in [-0.3, -0.25) is 19.6 Å². The molecule has 0 aromatic carbocycles. The largest absolute Gasteiger partial charge is 0.369 e. The van der Waals surface area contributed by atoms with E-state index in [0.717, 1.165) is 0 Å². The Balaban J connectivity index is 0.000000131. The highest BCUT2D eigenvalue weighted by Crippen LogP contribution is 1.99. The van der Waals surface area contributed by atoms with E-state index < -0.39 is 0 Å². The molecule has 0 radical (unpaired) electrons. The fraction of sp³-hybridized carbons (Fsp3) is 0. The molecule has 0 bridgehead atoms. The molecule has 4 aromatic heterocycles. The predicted molar refractivity (Wildman–Crippen MR) is 77.8 cm³/mol. The van der Waals surface area contributed by atoms with Crippen molar-refractivity contribution in [2.24, 2.45) is 0 Å². The maximum atomic E-state index is 11.0. The van der Waals surface area contributed by atoms with Crippen LogP contribution in [0.3, 0.4) is 0 Å². The van der Waals surface area contributed by atoms with Crippen LogP contribution >= 0.6 is 0 Å². The Labute approximate surface area is 120 Å². The lowest BCUT2D eigenvalue weighted by molar-refractivity contribution is 1.17. The van der Waals surface area contributed by atoms with E-state index in [2.05, 4.69) is 39.9 Å². The second kappa shape index (κ2) is 5.01. The summed E-state index contributed by atoms with van der Waals surface area (Å²) in [6.45, 7) is 0. The molecule has 0 aliphatic heterocycles. The fourth-order valence-corrected chi connectivity index (χ4v) is 1.72. The van der Waals surface area contributed by atoms with Gasteiger partial charge in [-0.2, -0.15) is 9.97 Å². The molecule has 22 heavy (non-hydrogen) atoms. The van der Waals surface area contributed by atoms with Crippen LogP contribution in [0.15, 0.2) is 22.2 Å². The molecule has 4 rings (SSSR count). The van der Waals surface area contributed by atoms with Crippen LogP contribution in [0.4, 0.5) is 11.9 Å². The summed E-state index contributed by atoms with van der Waals surface area (Å²) in [5.74, 6) is 0.157. The van der Waals surface area contributed by atoms with Gasteiger partial charge in [-0.15, -0.1) is 0 Å². The number of aromatic nitrogens is 8. The first-order chi connectivity index (χ1) is 10.5. The summed E-state index contributed by atoms with van der Waals surface area (Å²) in [4.78, 5) is 47.1. The third-order valence-corrected chi connectivity index (χ3v) is 2.63. The van der Waals surface area contributed by atoms with Crippen LogP contribution < -0.4 is 22.6 Å². The molecule has 0 aliphatic rings. The Morgan fingerprint density at radius 1 is 0.773 bits per heavy atom. The number of nitrogens with two attached hydrogens (primary N) is 2. The van der Waals surface area contributed by atoms with Crippen molar-refractivity contribution < 1.29 is 0 Å². The summed E-state index contributed by atoms with van der Waals surface area (Å²) in [6, 6.07) is 0. The Morgan fingerprint density at radius 3 is 1.59 bits per heavy atom. The van der Waals surface area contributed by atoms with Gasteiger partial charge in [0, 0.05) is 0 Å². The number of rotatable bonds is 0. The number of nitrogens with one attached hydrogen (secondary N) is 4. The first kappa shape index (κ1) is 13.3. The predicted octanol–water partition coefficient (Wildman–Crippen LogP) is -1.54. The first-order valence-corrected chi connectivity index (χ1v) is 5.92. The molecule has 12 nitrogen and oxygen atoms in total. The average molecular weight is 302 g/mol. The number of anilines is 2. The fourth-order valence-electron chi connectivity index (χ4n) is 1.72. The van der Waals surface area contributed by atoms with Crippen molar-refractivity contribution in [2.45, 2.75) is 0 Å². The van der Waals surface area contributed by atoms with E-state index >= 15 is 0 Å². The molecule has 0 atom stereocenters. The SMILES string of the molecule is Nc1nc2nc[nH]c2c(=O)[nH]1.Nc1nc2nc[nH]c2c(=O)[nH]1. The van der Waals surface area contributed by atoms with Gasteiger partial charge in [0.2, 0.25) is 11.9 Å². The lowest BCUT2D eigenvalue weighted by atomic mass is 10.5. The Bertz CT molecular complexity index is 969. The molecule has 0 amide bonds. The topological polar surface area (TPSA) is 201 Å². The number of nitrogens with zero attached hydrogens (tertiary/aromatic N) is 4. The van der Waals surface area contributed by atoms with Crippen molar-refractivity contribution in [3.8, 4) is 0 Å². The van der Waals surface area contributed by atoms with Crippen molar-refractivity contribution >= 4 is 34.2 Å². The second-order valence-electron chi connectivity index (χ2n) is 4.10. The lowest BCUT2D eigenvalue weighted by Crippen LogP contribution is -2.10. The summed E-state index contributed by atoms with van der Waals surface area (Å²) in [5.41, 5.74) is 11.3. The first-order valence-electron chi connectivity index (χ1n) is 5.92. The Kier molecular flexibility index (Phi) is 3.02. The number of aromatic amines is 4. The van der Waals surface area contributed by atoms with Gasteiger partial charge in [0.25, 0.3) is 11.1 Å². The van der Waals surface area contributed by atoms with Gasteiger partial charge in [-0.25, -0.2) is 9.97 Å². The maximum Gasteiger partial charge on any atom is 0.278 e. The minimum absolute atomic E-state index is 0.0783. The van der Waals surface area contributed by atoms with Gasteiger partial charge in [0.05, 0.1) is 12.7 Å². The Morgan fingerprint density at radius 2 is 1.18 bits per heavy atom. The minimum atomic E-state index is -0.301. The molecule has 12 heteroatoms. The molecule has 0 aliphatic carbocycles. The van der Waals surface area contributed by atoms with E-state index in [9.17, 15) is 9.59 Å². The summed E-state index contributed by atoms with van der Waals surface area (Å²) in [7, 11) is 0. The number of hydrogen-bond donors (Lipinski definition) is 6. The average Bonchev–Trinajstić information content (AvgIpc) is 3.07. The molecule has 4 heterocycles. The van der Waals surface area contributed by atoms with Gasteiger partial charge in [0.15, 0.2) is 22.3 Å². The number of hydrogen-bond acceptors (Lipinski definition) is 8. The van der Waals surface area contributed by atoms with Crippen molar-refractivity contribution in [2.75, 3.05) is 11.5 Å². The van der Waals surface area contributed by atoms with Crippen LogP contribution in [0, 0.1) is 0 Å². The van der Waals surface area contributed by atoms with E-state index in [1.807, 2.05) is 0 Å². The smallest absolute Gasteiger partial charge is 0.278 e. The standard InChI is InChI=1S/2C5H5N5O/c2*6-5-9-3-2(4(11)10-5)7-1-8-3/h2*1H,(H4,6,7,8,9,10,11). The van der Waals surface area contributed by atoms with Crippen LogP contribution in [-0.4, -0.2) is 39.9 Å². The third-order valence-electron chi connectivity index (χ3n) is 2.63. The highest BCUT2D eigenvalue weighted by molar-refractivity contribution is 5.69. The molecule has 0 saturated heterocycles. The molecule has 8 N–H and O–H groups in total. The summed E-state index contributed by atoms with van der Waals surface area (Å²) >= 11 is 0. The molecule has 112 valence electrons. The van der Waals surface area contributed by atoms with Gasteiger partial charge < -0.3 is 21.4 Å². The molecule has 4 aromatic rings. The molecule has 0 spiro atoms. The summed E-state index contributed by atoms with van der Waals surface area (Å²) in [5, 5.41) is 0. The van der Waals surface area contributed by atoms with E-state index in [-0.39, 0.29) is 23.0 Å². The highest BCUT2D eigenvalue weighted by Gasteiger charge is 2.02. The van der Waals surface area contributed by atoms with Gasteiger partial charge >= 0.3 is 0 Å². The van der Waals surface area contributed by atoms with E-state index in [1.54, 1.807) is 0 Å². The van der Waals surface area contributed by atoms with E-state index in [0.29, 0.717) is 22.3 Å². The van der Waals surface area contributed by atoms with Gasteiger partial charge in [-0.1, -0.05) is 0 Å². The number of fused-ring (bicyclic) bond motifs is 2. The monoisotopic (exact) mass is 302 g/mol. The van der Waals surface area contributed by atoms with Crippen molar-refractivity contribution in [1.82, 2.24) is 39.9 Å². The van der Waals surface area contributed by atoms with Crippen LogP contribution in [0.25, 0.3) is 22.3 Å². The minimum Gasteiger partial charge on any atom is -0.369 e. The summed E-state index contributed by atoms with van der Waals surface area (Å²) < 4.78 is 0. The van der Waals surface area contributed by atoms with E-state index in [1.165, 1.54) is 12.7 Å². The lowest BCUT2D eigenvalue weighted by Gasteiger charge is -1.89. The van der Waals surface area contributed by atoms with Gasteiger partial charge in [0.1, 0.15) is 0 Å². The quantitative estimate of drug-likeness (QED) is 0.224. The van der Waals surface area contributed by atoms with Crippen molar-refractivity contribution in [3.63, 3.8) is 0 Å². The molecule has 0 unspecified atom stereocenters. The normalized spacial score (nSPS) is 10.5. The molecular weight excluding hydrogens is 292 g/mol. The van der Waals surface area contributed by atoms with Gasteiger partial charge in [-0.05, 0) is 0 Å². The maximum absolute atomic E-state index is 11.0. The number of nitrogen functional groups attached to an aromatic ring is 2. The highest BCUT2D eigenvalue weighted by atomic mass is 16.1. The Hall–Kier alpha value is -3.70.